The van der Waals surface area contributed by atoms with Crippen LogP contribution >= 0.6 is 11.8 Å². The molecule has 0 radical (unpaired) electrons. The second-order valence-corrected chi connectivity index (χ2v) is 9.92. The minimum atomic E-state index is -0.909. The standard InChI is InChI=1S/C21H32N2O5S/c24-19(12-29-13-20(25)26)23-8-9-28-18-11-22(10-17(18)23)21(27)16-7-3-5-14-4-1-2-6-15(14)16/h14-18H,1-13H2,(H,25,26)/t14-,15+,16-,17-,18+/m1/s1. The predicted octanol–water partition coefficient (Wildman–Crippen LogP) is 1.85. The number of aliphatic carboxylic acids is 1. The van der Waals surface area contributed by atoms with Crippen molar-refractivity contribution >= 4 is 29.5 Å². The van der Waals surface area contributed by atoms with Gasteiger partial charge in [-0.2, -0.15) is 0 Å². The van der Waals surface area contributed by atoms with Crippen molar-refractivity contribution in [2.24, 2.45) is 17.8 Å². The molecule has 0 unspecified atom stereocenters. The fourth-order valence-corrected chi connectivity index (χ4v) is 6.58. The Morgan fingerprint density at radius 1 is 1.00 bits per heavy atom. The van der Waals surface area contributed by atoms with Crippen LogP contribution in [0.2, 0.25) is 0 Å². The lowest BCUT2D eigenvalue weighted by atomic mass is 9.65. The van der Waals surface area contributed by atoms with Crippen LogP contribution in [-0.2, 0) is 19.1 Å². The molecule has 0 aromatic carbocycles. The van der Waals surface area contributed by atoms with Crippen LogP contribution in [0.1, 0.15) is 44.9 Å². The van der Waals surface area contributed by atoms with Crippen molar-refractivity contribution < 1.29 is 24.2 Å². The van der Waals surface area contributed by atoms with E-state index < -0.39 is 5.97 Å². The van der Waals surface area contributed by atoms with E-state index in [2.05, 4.69) is 0 Å². The van der Waals surface area contributed by atoms with Crippen LogP contribution in [0.3, 0.4) is 0 Å². The largest absolute Gasteiger partial charge is 0.481 e. The second-order valence-electron chi connectivity index (χ2n) is 8.94. The van der Waals surface area contributed by atoms with Gasteiger partial charge in [0, 0.05) is 25.6 Å². The van der Waals surface area contributed by atoms with Gasteiger partial charge in [-0.1, -0.05) is 32.1 Å². The van der Waals surface area contributed by atoms with E-state index in [9.17, 15) is 14.4 Å². The van der Waals surface area contributed by atoms with E-state index in [1.165, 1.54) is 32.1 Å². The number of thioether (sulfide) groups is 1. The number of ether oxygens (including phenoxy) is 1. The summed E-state index contributed by atoms with van der Waals surface area (Å²) in [6, 6.07) is -0.101. The van der Waals surface area contributed by atoms with Gasteiger partial charge in [0.2, 0.25) is 11.8 Å². The van der Waals surface area contributed by atoms with Gasteiger partial charge in [-0.15, -0.1) is 11.8 Å². The minimum absolute atomic E-state index is 0.0474. The third kappa shape index (κ3) is 4.58. The highest BCUT2D eigenvalue weighted by Crippen LogP contribution is 2.44. The van der Waals surface area contributed by atoms with Crippen LogP contribution < -0.4 is 0 Å². The molecule has 4 aliphatic rings. The second kappa shape index (κ2) is 9.25. The Hall–Kier alpha value is -1.28. The summed E-state index contributed by atoms with van der Waals surface area (Å²) in [6.45, 7) is 2.12. The fraction of sp³-hybridized carbons (Fsp3) is 0.857. The monoisotopic (exact) mass is 424 g/mol. The Balaban J connectivity index is 1.38. The van der Waals surface area contributed by atoms with Gasteiger partial charge in [-0.3, -0.25) is 14.4 Å². The molecule has 2 saturated heterocycles. The molecule has 1 N–H and O–H groups in total. The Kier molecular flexibility index (Phi) is 6.69. The SMILES string of the molecule is O=C(O)CSCC(=O)N1CCO[C@H]2CN(C(=O)[C@@H]3CCC[C@H]4CCCC[C@@H]43)C[C@H]21. The van der Waals surface area contributed by atoms with Gasteiger partial charge >= 0.3 is 5.97 Å². The highest BCUT2D eigenvalue weighted by molar-refractivity contribution is 8.00. The average molecular weight is 425 g/mol. The number of likely N-dealkylation sites (tertiary alicyclic amines) is 1. The van der Waals surface area contributed by atoms with E-state index in [0.29, 0.717) is 32.2 Å². The van der Waals surface area contributed by atoms with Crippen molar-refractivity contribution in [1.29, 1.82) is 0 Å². The van der Waals surface area contributed by atoms with Gasteiger partial charge in [0.1, 0.15) is 0 Å². The molecular formula is C21H32N2O5S. The topological polar surface area (TPSA) is 87.2 Å². The number of fused-ring (bicyclic) bond motifs is 2. The maximum atomic E-state index is 13.4. The Labute approximate surface area is 176 Å². The molecule has 5 atom stereocenters. The highest BCUT2D eigenvalue weighted by atomic mass is 32.2. The molecule has 8 heteroatoms. The van der Waals surface area contributed by atoms with Crippen LogP contribution in [0.15, 0.2) is 0 Å². The lowest BCUT2D eigenvalue weighted by Crippen LogP contribution is -2.54. The first-order chi connectivity index (χ1) is 14.0. The van der Waals surface area contributed by atoms with Gasteiger partial charge in [0.15, 0.2) is 0 Å². The number of amides is 2. The lowest BCUT2D eigenvalue weighted by Gasteiger charge is -2.41. The van der Waals surface area contributed by atoms with Crippen LogP contribution in [0, 0.1) is 17.8 Å². The van der Waals surface area contributed by atoms with Crippen molar-refractivity contribution in [2.75, 3.05) is 37.7 Å². The molecule has 2 aliphatic heterocycles. The summed E-state index contributed by atoms with van der Waals surface area (Å²) in [5.41, 5.74) is 0. The first-order valence-corrected chi connectivity index (χ1v) is 12.2. The summed E-state index contributed by atoms with van der Waals surface area (Å²) in [7, 11) is 0. The lowest BCUT2D eigenvalue weighted by molar-refractivity contribution is -0.140. The zero-order valence-electron chi connectivity index (χ0n) is 17.0. The molecular weight excluding hydrogens is 392 g/mol. The van der Waals surface area contributed by atoms with Crippen LogP contribution in [0.5, 0.6) is 0 Å². The highest BCUT2D eigenvalue weighted by Gasteiger charge is 2.47. The number of hydrogen-bond donors (Lipinski definition) is 1. The average Bonchev–Trinajstić information content (AvgIpc) is 3.17. The van der Waals surface area contributed by atoms with Crippen LogP contribution in [-0.4, -0.2) is 82.6 Å². The molecule has 0 aromatic rings. The van der Waals surface area contributed by atoms with Gasteiger partial charge in [0.25, 0.3) is 0 Å². The van der Waals surface area contributed by atoms with Crippen molar-refractivity contribution in [3.8, 4) is 0 Å². The van der Waals surface area contributed by atoms with Crippen LogP contribution in [0.4, 0.5) is 0 Å². The number of hydrogen-bond acceptors (Lipinski definition) is 5. The molecule has 0 bridgehead atoms. The van der Waals surface area contributed by atoms with Gasteiger partial charge in [-0.25, -0.2) is 0 Å². The Morgan fingerprint density at radius 2 is 1.79 bits per heavy atom. The van der Waals surface area contributed by atoms with Crippen molar-refractivity contribution in [3.05, 3.63) is 0 Å². The Bertz CT molecular complexity index is 643. The maximum absolute atomic E-state index is 13.4. The van der Waals surface area contributed by atoms with Gasteiger partial charge in [-0.05, 0) is 24.7 Å². The number of carbonyl (C=O) groups is 3. The number of nitrogens with zero attached hydrogens (tertiary/aromatic N) is 2. The molecule has 4 fully saturated rings. The van der Waals surface area contributed by atoms with E-state index in [1.54, 1.807) is 0 Å². The molecule has 29 heavy (non-hydrogen) atoms. The smallest absolute Gasteiger partial charge is 0.313 e. The Morgan fingerprint density at radius 3 is 2.62 bits per heavy atom. The summed E-state index contributed by atoms with van der Waals surface area (Å²) < 4.78 is 5.91. The number of rotatable bonds is 5. The normalized spacial score (nSPS) is 34.4. The van der Waals surface area contributed by atoms with Crippen molar-refractivity contribution in [3.63, 3.8) is 0 Å². The zero-order chi connectivity index (χ0) is 20.4. The molecule has 0 spiro atoms. The van der Waals surface area contributed by atoms with Gasteiger partial charge in [0.05, 0.1) is 30.3 Å². The summed E-state index contributed by atoms with van der Waals surface area (Å²) >= 11 is 1.13. The van der Waals surface area contributed by atoms with Gasteiger partial charge < -0.3 is 19.6 Å². The molecule has 2 aliphatic carbocycles. The summed E-state index contributed by atoms with van der Waals surface area (Å²) in [6.07, 6.45) is 8.33. The van der Waals surface area contributed by atoms with E-state index >= 15 is 0 Å². The molecule has 162 valence electrons. The van der Waals surface area contributed by atoms with E-state index in [0.717, 1.165) is 30.5 Å². The summed E-state index contributed by atoms with van der Waals surface area (Å²) in [4.78, 5) is 40.5. The minimum Gasteiger partial charge on any atom is -0.481 e. The van der Waals surface area contributed by atoms with Crippen molar-refractivity contribution in [1.82, 2.24) is 9.80 Å². The quantitative estimate of drug-likeness (QED) is 0.725. The van der Waals surface area contributed by atoms with E-state index in [1.807, 2.05) is 9.80 Å². The van der Waals surface area contributed by atoms with E-state index in [-0.39, 0.29) is 41.4 Å². The fourth-order valence-electron chi connectivity index (χ4n) is 5.97. The molecule has 4 rings (SSSR count). The zero-order valence-corrected chi connectivity index (χ0v) is 17.8. The molecule has 2 amide bonds. The maximum Gasteiger partial charge on any atom is 0.313 e. The number of carbonyl (C=O) groups excluding carboxylic acids is 2. The number of carboxylic acid groups (broad SMARTS) is 1. The third-order valence-corrected chi connectivity index (χ3v) is 8.18. The predicted molar refractivity (Wildman–Crippen MR) is 110 cm³/mol. The molecule has 2 saturated carbocycles. The number of carboxylic acids is 1. The molecule has 7 nitrogen and oxygen atoms in total. The molecule has 2 heterocycles. The summed E-state index contributed by atoms with van der Waals surface area (Å²) in [5.74, 6) is 0.810. The van der Waals surface area contributed by atoms with Crippen molar-refractivity contribution in [2.45, 2.75) is 57.1 Å². The number of morpholine rings is 1. The third-order valence-electron chi connectivity index (χ3n) is 7.28. The first-order valence-electron chi connectivity index (χ1n) is 11.0. The summed E-state index contributed by atoms with van der Waals surface area (Å²) in [5, 5.41) is 8.78. The molecule has 0 aromatic heterocycles. The van der Waals surface area contributed by atoms with E-state index in [4.69, 9.17) is 9.84 Å². The van der Waals surface area contributed by atoms with Crippen LogP contribution in [0.25, 0.3) is 0 Å². The first kappa shape index (κ1) is 21.0.